The fraction of sp³-hybridized carbons (Fsp3) is 1.00. The van der Waals surface area contributed by atoms with Crippen LogP contribution in [0, 0.1) is 0 Å². The highest BCUT2D eigenvalue weighted by molar-refractivity contribution is 7.91. The van der Waals surface area contributed by atoms with Crippen molar-refractivity contribution in [1.82, 2.24) is 0 Å². The number of phosphoric acid groups is 1. The van der Waals surface area contributed by atoms with Gasteiger partial charge in [-0.15, -0.1) is 0 Å². The molecule has 0 aromatic carbocycles. The molecule has 0 amide bonds. The van der Waals surface area contributed by atoms with E-state index in [-0.39, 0.29) is 24.5 Å². The third-order valence-electron chi connectivity index (χ3n) is 3.67. The monoisotopic (exact) mass is 372 g/mol. The lowest BCUT2D eigenvalue weighted by molar-refractivity contribution is 0.197. The lowest BCUT2D eigenvalue weighted by Gasteiger charge is -2.06. The van der Waals surface area contributed by atoms with Crippen LogP contribution in [0.2, 0.25) is 0 Å². The molecule has 0 radical (unpaired) electrons. The number of unbranched alkanes of at least 4 members (excludes halogenated alkanes) is 9. The van der Waals surface area contributed by atoms with Crippen LogP contribution < -0.4 is 0 Å². The van der Waals surface area contributed by atoms with Crippen LogP contribution in [0.25, 0.3) is 0 Å². The van der Waals surface area contributed by atoms with E-state index in [1.165, 1.54) is 44.9 Å². The second kappa shape index (κ2) is 13.4. The van der Waals surface area contributed by atoms with Crippen LogP contribution in [0.15, 0.2) is 0 Å². The zero-order chi connectivity index (χ0) is 17.6. The van der Waals surface area contributed by atoms with Gasteiger partial charge in [0.1, 0.15) is 9.84 Å². The van der Waals surface area contributed by atoms with Crippen molar-refractivity contribution in [2.75, 3.05) is 18.1 Å². The molecule has 140 valence electrons. The molecule has 0 saturated carbocycles. The van der Waals surface area contributed by atoms with Gasteiger partial charge in [-0.05, 0) is 12.8 Å². The van der Waals surface area contributed by atoms with E-state index in [9.17, 15) is 13.0 Å². The molecule has 0 saturated heterocycles. The number of hydrogen-bond donors (Lipinski definition) is 2. The molecule has 0 aromatic rings. The fourth-order valence-corrected chi connectivity index (χ4v) is 4.15. The summed E-state index contributed by atoms with van der Waals surface area (Å²) in [6, 6.07) is 0. The van der Waals surface area contributed by atoms with E-state index in [1.807, 2.05) is 0 Å². The first-order chi connectivity index (χ1) is 10.8. The highest BCUT2D eigenvalue weighted by atomic mass is 32.2. The summed E-state index contributed by atoms with van der Waals surface area (Å²) < 4.78 is 38.2. The minimum Gasteiger partial charge on any atom is -0.303 e. The van der Waals surface area contributed by atoms with Crippen molar-refractivity contribution in [2.45, 2.75) is 77.6 Å². The van der Waals surface area contributed by atoms with E-state index in [0.29, 0.717) is 6.42 Å². The number of rotatable bonds is 16. The molecule has 0 unspecified atom stereocenters. The van der Waals surface area contributed by atoms with Crippen molar-refractivity contribution in [3.63, 3.8) is 0 Å². The normalized spacial score (nSPS) is 12.7. The zero-order valence-corrected chi connectivity index (χ0v) is 16.0. The Kier molecular flexibility index (Phi) is 13.4. The van der Waals surface area contributed by atoms with Crippen LogP contribution in [0.5, 0.6) is 0 Å². The molecular formula is C15H33O6PS. The Hall–Kier alpha value is 0.0600. The molecule has 6 nitrogen and oxygen atoms in total. The minimum absolute atomic E-state index is 0.0789. The van der Waals surface area contributed by atoms with Crippen molar-refractivity contribution in [1.29, 1.82) is 0 Å². The second-order valence-electron chi connectivity index (χ2n) is 6.01. The standard InChI is InChI=1S/C15H33O6PS/c1-2-3-4-5-6-7-8-9-10-11-14-23(19,20)15-12-13-21-22(16,17)18/h2-15H2,1H3,(H2,16,17,18). The van der Waals surface area contributed by atoms with Gasteiger partial charge in [-0.3, -0.25) is 4.52 Å². The first-order valence-corrected chi connectivity index (χ1v) is 12.0. The average molecular weight is 372 g/mol. The molecule has 0 aliphatic heterocycles. The van der Waals surface area contributed by atoms with E-state index >= 15 is 0 Å². The molecule has 0 rings (SSSR count). The largest absolute Gasteiger partial charge is 0.469 e. The smallest absolute Gasteiger partial charge is 0.303 e. The summed E-state index contributed by atoms with van der Waals surface area (Å²) in [5.41, 5.74) is 0. The molecule has 23 heavy (non-hydrogen) atoms. The Labute approximate surface area is 141 Å². The van der Waals surface area contributed by atoms with Crippen molar-refractivity contribution in [2.24, 2.45) is 0 Å². The van der Waals surface area contributed by atoms with Gasteiger partial charge < -0.3 is 9.79 Å². The fourth-order valence-electron chi connectivity index (χ4n) is 2.37. The summed E-state index contributed by atoms with van der Waals surface area (Å²) in [6.45, 7) is 1.97. The van der Waals surface area contributed by atoms with E-state index in [1.54, 1.807) is 0 Å². The Morgan fingerprint density at radius 1 is 0.783 bits per heavy atom. The SMILES string of the molecule is CCCCCCCCCCCCS(=O)(=O)CCCOP(=O)(O)O. The van der Waals surface area contributed by atoms with Gasteiger partial charge in [-0.2, -0.15) is 0 Å². The Balaban J connectivity index is 3.47. The Morgan fingerprint density at radius 3 is 1.70 bits per heavy atom. The Bertz CT molecular complexity index is 418. The predicted octanol–water partition coefficient (Wildman–Crippen LogP) is 3.82. The van der Waals surface area contributed by atoms with Crippen LogP contribution in [-0.4, -0.2) is 36.3 Å². The lowest BCUT2D eigenvalue weighted by Crippen LogP contribution is -2.12. The van der Waals surface area contributed by atoms with Crippen LogP contribution in [0.1, 0.15) is 77.6 Å². The van der Waals surface area contributed by atoms with Crippen LogP contribution >= 0.6 is 7.82 Å². The quantitative estimate of drug-likeness (QED) is 0.315. The summed E-state index contributed by atoms with van der Waals surface area (Å²) in [5.74, 6) is 0.0733. The first kappa shape index (κ1) is 23.1. The molecular weight excluding hydrogens is 339 g/mol. The van der Waals surface area contributed by atoms with Crippen LogP contribution in [0.4, 0.5) is 0 Å². The van der Waals surface area contributed by atoms with Crippen molar-refractivity contribution in [3.05, 3.63) is 0 Å². The van der Waals surface area contributed by atoms with Crippen molar-refractivity contribution in [3.8, 4) is 0 Å². The maximum atomic E-state index is 11.7. The number of sulfone groups is 1. The summed E-state index contributed by atoms with van der Waals surface area (Å²) >= 11 is 0. The minimum atomic E-state index is -4.49. The molecule has 0 aliphatic rings. The van der Waals surface area contributed by atoms with E-state index in [0.717, 1.165) is 12.8 Å². The van der Waals surface area contributed by atoms with E-state index in [4.69, 9.17) is 9.79 Å². The third-order valence-corrected chi connectivity index (χ3v) is 6.01. The summed E-state index contributed by atoms with van der Waals surface area (Å²) in [5, 5.41) is 0. The Morgan fingerprint density at radius 2 is 1.22 bits per heavy atom. The molecule has 0 bridgehead atoms. The maximum Gasteiger partial charge on any atom is 0.469 e. The molecule has 0 aromatic heterocycles. The van der Waals surface area contributed by atoms with Crippen molar-refractivity contribution >= 4 is 17.7 Å². The van der Waals surface area contributed by atoms with Gasteiger partial charge in [-0.25, -0.2) is 13.0 Å². The highest BCUT2D eigenvalue weighted by Crippen LogP contribution is 2.35. The molecule has 2 N–H and O–H groups in total. The topological polar surface area (TPSA) is 101 Å². The molecule has 0 atom stereocenters. The molecule has 0 aliphatic carbocycles. The van der Waals surface area contributed by atoms with Gasteiger partial charge in [0.2, 0.25) is 0 Å². The summed E-state index contributed by atoms with van der Waals surface area (Å²) in [6.07, 6.45) is 11.7. The summed E-state index contributed by atoms with van der Waals surface area (Å²) in [7, 11) is -7.63. The average Bonchev–Trinajstić information content (AvgIpc) is 2.45. The van der Waals surface area contributed by atoms with Gasteiger partial charge in [0, 0.05) is 0 Å². The van der Waals surface area contributed by atoms with Gasteiger partial charge in [-0.1, -0.05) is 64.7 Å². The molecule has 0 fully saturated rings. The second-order valence-corrected chi connectivity index (χ2v) is 9.55. The zero-order valence-electron chi connectivity index (χ0n) is 14.3. The first-order valence-electron chi connectivity index (χ1n) is 8.67. The van der Waals surface area contributed by atoms with Gasteiger partial charge >= 0.3 is 7.82 Å². The van der Waals surface area contributed by atoms with Crippen molar-refractivity contribution < 1.29 is 27.3 Å². The van der Waals surface area contributed by atoms with E-state index < -0.39 is 17.7 Å². The van der Waals surface area contributed by atoms with Crippen LogP contribution in [-0.2, 0) is 18.9 Å². The predicted molar refractivity (Wildman–Crippen MR) is 93.1 cm³/mol. The van der Waals surface area contributed by atoms with Gasteiger partial charge in [0.05, 0.1) is 18.1 Å². The molecule has 8 heteroatoms. The molecule has 0 spiro atoms. The number of phosphoric ester groups is 1. The summed E-state index contributed by atoms with van der Waals surface area (Å²) in [4.78, 5) is 17.0. The number of hydrogen-bond acceptors (Lipinski definition) is 4. The third kappa shape index (κ3) is 18.2. The lowest BCUT2D eigenvalue weighted by atomic mass is 10.1. The van der Waals surface area contributed by atoms with Crippen LogP contribution in [0.3, 0.4) is 0 Å². The van der Waals surface area contributed by atoms with E-state index in [2.05, 4.69) is 11.4 Å². The maximum absolute atomic E-state index is 11.7. The van der Waals surface area contributed by atoms with Gasteiger partial charge in [0.25, 0.3) is 0 Å². The highest BCUT2D eigenvalue weighted by Gasteiger charge is 2.15. The molecule has 0 heterocycles. The van der Waals surface area contributed by atoms with Gasteiger partial charge in [0.15, 0.2) is 0 Å².